The molecule has 1 aliphatic heterocycles. The predicted octanol–water partition coefficient (Wildman–Crippen LogP) is 1.14. The van der Waals surface area contributed by atoms with Gasteiger partial charge in [0.2, 0.25) is 0 Å². The fraction of sp³-hybridized carbons (Fsp3) is 0.529. The van der Waals surface area contributed by atoms with Gasteiger partial charge in [-0.3, -0.25) is 4.90 Å². The minimum Gasteiger partial charge on any atom is -0.497 e. The third-order valence-corrected chi connectivity index (χ3v) is 3.84. The highest BCUT2D eigenvalue weighted by molar-refractivity contribution is 5.45. The van der Waals surface area contributed by atoms with Crippen LogP contribution in [0.15, 0.2) is 18.2 Å². The Balaban J connectivity index is 2.16. The first-order valence-corrected chi connectivity index (χ1v) is 7.49. The molecule has 21 heavy (non-hydrogen) atoms. The predicted molar refractivity (Wildman–Crippen MR) is 86.3 cm³/mol. The van der Waals surface area contributed by atoms with E-state index in [-0.39, 0.29) is 0 Å². The van der Waals surface area contributed by atoms with Crippen molar-refractivity contribution in [2.45, 2.75) is 13.0 Å². The summed E-state index contributed by atoms with van der Waals surface area (Å²) in [5.74, 6) is 7.00. The largest absolute Gasteiger partial charge is 0.497 e. The van der Waals surface area contributed by atoms with E-state index in [2.05, 4.69) is 34.8 Å². The number of benzene rings is 1. The van der Waals surface area contributed by atoms with Crippen LogP contribution in [0.4, 0.5) is 0 Å². The Morgan fingerprint density at radius 2 is 2.10 bits per heavy atom. The summed E-state index contributed by atoms with van der Waals surface area (Å²) in [6.07, 6.45) is 1.21. The summed E-state index contributed by atoms with van der Waals surface area (Å²) in [7, 11) is 3.89. The molecule has 0 atom stereocenters. The van der Waals surface area contributed by atoms with E-state index in [1.807, 2.05) is 12.1 Å². The van der Waals surface area contributed by atoms with Gasteiger partial charge < -0.3 is 15.4 Å². The van der Waals surface area contributed by atoms with Crippen LogP contribution in [0, 0.1) is 11.8 Å². The van der Waals surface area contributed by atoms with Crippen LogP contribution >= 0.6 is 0 Å². The summed E-state index contributed by atoms with van der Waals surface area (Å²) in [5, 5.41) is 0. The van der Waals surface area contributed by atoms with Gasteiger partial charge in [-0.1, -0.05) is 11.8 Å². The normalized spacial score (nSPS) is 16.9. The second-order valence-corrected chi connectivity index (χ2v) is 5.46. The molecule has 2 N–H and O–H groups in total. The van der Waals surface area contributed by atoms with Gasteiger partial charge in [-0.15, -0.1) is 0 Å². The molecule has 1 saturated heterocycles. The van der Waals surface area contributed by atoms with Crippen molar-refractivity contribution >= 4 is 0 Å². The van der Waals surface area contributed by atoms with Crippen molar-refractivity contribution in [2.24, 2.45) is 5.73 Å². The molecule has 1 aromatic carbocycles. The summed E-state index contributed by atoms with van der Waals surface area (Å²) >= 11 is 0. The molecule has 4 nitrogen and oxygen atoms in total. The number of nitrogens with zero attached hydrogens (tertiary/aromatic N) is 2. The summed E-state index contributed by atoms with van der Waals surface area (Å²) in [5.41, 5.74) is 7.77. The average molecular weight is 287 g/mol. The molecule has 0 unspecified atom stereocenters. The standard InChI is InChI=1S/C17H25N3O/c1-19-9-4-10-20(12-11-19)14-16-13-17(21-2)7-6-15(16)5-3-8-18/h6-7,13H,4,8-12,14,18H2,1-2H3. The summed E-state index contributed by atoms with van der Waals surface area (Å²) < 4.78 is 5.35. The van der Waals surface area contributed by atoms with E-state index >= 15 is 0 Å². The van der Waals surface area contributed by atoms with Crippen molar-refractivity contribution in [3.63, 3.8) is 0 Å². The quantitative estimate of drug-likeness (QED) is 0.847. The fourth-order valence-corrected chi connectivity index (χ4v) is 2.60. The number of nitrogens with two attached hydrogens (primary N) is 1. The van der Waals surface area contributed by atoms with E-state index in [0.29, 0.717) is 6.54 Å². The Hall–Kier alpha value is -1.54. The lowest BCUT2D eigenvalue weighted by Crippen LogP contribution is -2.28. The van der Waals surface area contributed by atoms with Gasteiger partial charge >= 0.3 is 0 Å². The first kappa shape index (κ1) is 15.8. The van der Waals surface area contributed by atoms with Gasteiger partial charge in [-0.2, -0.15) is 0 Å². The number of hydrogen-bond acceptors (Lipinski definition) is 4. The number of rotatable bonds is 3. The topological polar surface area (TPSA) is 41.7 Å². The summed E-state index contributed by atoms with van der Waals surface area (Å²) in [6.45, 7) is 5.82. The molecule has 1 aromatic rings. The molecule has 1 aliphatic rings. The second kappa shape index (κ2) is 8.04. The highest BCUT2D eigenvalue weighted by Gasteiger charge is 2.14. The Kier molecular flexibility index (Phi) is 6.06. The molecule has 0 aromatic heterocycles. The van der Waals surface area contributed by atoms with Crippen LogP contribution in [0.1, 0.15) is 17.5 Å². The van der Waals surface area contributed by atoms with E-state index in [4.69, 9.17) is 10.5 Å². The van der Waals surface area contributed by atoms with Crippen LogP contribution in [0.5, 0.6) is 5.75 Å². The first-order chi connectivity index (χ1) is 10.2. The molecule has 2 rings (SSSR count). The van der Waals surface area contributed by atoms with Gasteiger partial charge in [0.15, 0.2) is 0 Å². The zero-order valence-corrected chi connectivity index (χ0v) is 13.1. The van der Waals surface area contributed by atoms with Crippen molar-refractivity contribution < 1.29 is 4.74 Å². The van der Waals surface area contributed by atoms with Gasteiger partial charge in [0.05, 0.1) is 13.7 Å². The van der Waals surface area contributed by atoms with E-state index in [1.165, 1.54) is 18.5 Å². The van der Waals surface area contributed by atoms with Gasteiger partial charge in [0.25, 0.3) is 0 Å². The van der Waals surface area contributed by atoms with Crippen molar-refractivity contribution in [3.05, 3.63) is 29.3 Å². The van der Waals surface area contributed by atoms with E-state index in [9.17, 15) is 0 Å². The molecular formula is C17H25N3O. The van der Waals surface area contributed by atoms with Crippen molar-refractivity contribution in [3.8, 4) is 17.6 Å². The number of methoxy groups -OCH3 is 1. The van der Waals surface area contributed by atoms with Crippen molar-refractivity contribution in [1.82, 2.24) is 9.80 Å². The van der Waals surface area contributed by atoms with Gasteiger partial charge in [0, 0.05) is 25.2 Å². The van der Waals surface area contributed by atoms with E-state index < -0.39 is 0 Å². The molecule has 0 amide bonds. The first-order valence-electron chi connectivity index (χ1n) is 7.49. The average Bonchev–Trinajstić information content (AvgIpc) is 2.70. The third-order valence-electron chi connectivity index (χ3n) is 3.84. The van der Waals surface area contributed by atoms with E-state index in [0.717, 1.165) is 37.5 Å². The maximum Gasteiger partial charge on any atom is 0.119 e. The summed E-state index contributed by atoms with van der Waals surface area (Å²) in [6, 6.07) is 6.08. The molecule has 1 fully saturated rings. The Bertz CT molecular complexity index is 519. The number of likely N-dealkylation sites (N-methyl/N-ethyl adjacent to an activating group) is 1. The SMILES string of the molecule is COc1ccc(C#CCN)c(CN2CCCN(C)CC2)c1. The van der Waals surface area contributed by atoms with Crippen molar-refractivity contribution in [2.75, 3.05) is 46.9 Å². The minimum absolute atomic E-state index is 0.389. The highest BCUT2D eigenvalue weighted by Crippen LogP contribution is 2.19. The zero-order chi connectivity index (χ0) is 15.1. The lowest BCUT2D eigenvalue weighted by Gasteiger charge is -2.21. The number of hydrogen-bond donors (Lipinski definition) is 1. The zero-order valence-electron chi connectivity index (χ0n) is 13.1. The lowest BCUT2D eigenvalue weighted by molar-refractivity contribution is 0.268. The van der Waals surface area contributed by atoms with Crippen LogP contribution < -0.4 is 10.5 Å². The molecule has 1 heterocycles. The van der Waals surface area contributed by atoms with Gasteiger partial charge in [-0.25, -0.2) is 0 Å². The highest BCUT2D eigenvalue weighted by atomic mass is 16.5. The summed E-state index contributed by atoms with van der Waals surface area (Å²) in [4.78, 5) is 4.88. The van der Waals surface area contributed by atoms with Crippen LogP contribution in [0.2, 0.25) is 0 Å². The molecule has 0 saturated carbocycles. The van der Waals surface area contributed by atoms with Crippen LogP contribution in [0.25, 0.3) is 0 Å². The molecule has 0 bridgehead atoms. The van der Waals surface area contributed by atoms with Gasteiger partial charge in [0.1, 0.15) is 5.75 Å². The number of ether oxygens (including phenoxy) is 1. The van der Waals surface area contributed by atoms with Crippen molar-refractivity contribution in [1.29, 1.82) is 0 Å². The lowest BCUT2D eigenvalue weighted by atomic mass is 10.1. The molecule has 0 radical (unpaired) electrons. The smallest absolute Gasteiger partial charge is 0.119 e. The second-order valence-electron chi connectivity index (χ2n) is 5.46. The fourth-order valence-electron chi connectivity index (χ4n) is 2.60. The van der Waals surface area contributed by atoms with Crippen LogP contribution in [0.3, 0.4) is 0 Å². The maximum atomic E-state index is 5.49. The molecular weight excluding hydrogens is 262 g/mol. The Labute approximate surface area is 127 Å². The minimum atomic E-state index is 0.389. The maximum absolute atomic E-state index is 5.49. The Morgan fingerprint density at radius 3 is 2.86 bits per heavy atom. The third kappa shape index (κ3) is 4.75. The van der Waals surface area contributed by atoms with Crippen LogP contribution in [-0.2, 0) is 6.54 Å². The van der Waals surface area contributed by atoms with Crippen LogP contribution in [-0.4, -0.2) is 56.7 Å². The molecule has 114 valence electrons. The molecule has 4 heteroatoms. The van der Waals surface area contributed by atoms with E-state index in [1.54, 1.807) is 7.11 Å². The van der Waals surface area contributed by atoms with Gasteiger partial charge in [-0.05, 0) is 50.3 Å². The monoisotopic (exact) mass is 287 g/mol. The molecule has 0 spiro atoms. The molecule has 0 aliphatic carbocycles. The Morgan fingerprint density at radius 1 is 1.24 bits per heavy atom.